The van der Waals surface area contributed by atoms with E-state index in [-0.39, 0.29) is 5.91 Å². The Morgan fingerprint density at radius 2 is 1.58 bits per heavy atom. The van der Waals surface area contributed by atoms with E-state index >= 15 is 0 Å². The second-order valence-corrected chi connectivity index (χ2v) is 8.46. The number of carbonyl (C=O) groups excluding carboxylic acids is 1. The molecule has 4 aromatic carbocycles. The first-order valence-corrected chi connectivity index (χ1v) is 10.9. The number of hydrogen-bond acceptors (Lipinski definition) is 2. The summed E-state index contributed by atoms with van der Waals surface area (Å²) in [5, 5.41) is 6.31. The van der Waals surface area contributed by atoms with E-state index in [1.54, 1.807) is 0 Å². The summed E-state index contributed by atoms with van der Waals surface area (Å²) < 4.78 is 0. The van der Waals surface area contributed by atoms with Crippen molar-refractivity contribution < 1.29 is 4.79 Å². The molecule has 2 heterocycles. The highest BCUT2D eigenvalue weighted by Gasteiger charge is 2.25. The first-order valence-electron chi connectivity index (χ1n) is 10.5. The molecule has 1 amide bonds. The van der Waals surface area contributed by atoms with Gasteiger partial charge in [0.2, 0.25) is 5.91 Å². The number of pyridine rings is 1. The highest BCUT2D eigenvalue weighted by atomic mass is 35.5. The molecule has 4 heteroatoms. The number of fused-ring (bicyclic) bond motifs is 4. The lowest BCUT2D eigenvalue weighted by molar-refractivity contribution is -0.117. The van der Waals surface area contributed by atoms with Gasteiger partial charge in [0.15, 0.2) is 0 Å². The van der Waals surface area contributed by atoms with E-state index < -0.39 is 0 Å². The van der Waals surface area contributed by atoms with E-state index in [0.717, 1.165) is 46.2 Å². The van der Waals surface area contributed by atoms with Crippen LogP contribution >= 0.6 is 11.6 Å². The van der Waals surface area contributed by atoms with Crippen LogP contribution < -0.4 is 4.90 Å². The quantitative estimate of drug-likeness (QED) is 0.287. The number of anilines is 1. The number of nitrogens with zero attached hydrogens (tertiary/aromatic N) is 2. The Hall–Kier alpha value is -3.43. The second-order valence-electron chi connectivity index (χ2n) is 8.03. The summed E-state index contributed by atoms with van der Waals surface area (Å²) in [5.74, 6) is 0.154. The average molecular weight is 423 g/mol. The standard InChI is InChI=1S/C27H19ClN2O/c28-18-11-12-24-23(15-18)26(30-13-5-10-27(30)31)16-25(29-24)22-14-17-6-1-2-7-19(17)20-8-3-4-9-21(20)22/h1-4,6-9,11-12,14-16H,5,10,13H2. The van der Waals surface area contributed by atoms with Crippen molar-refractivity contribution in [3.63, 3.8) is 0 Å². The number of hydrogen-bond donors (Lipinski definition) is 0. The van der Waals surface area contributed by atoms with Crippen molar-refractivity contribution in [3.05, 3.63) is 83.9 Å². The predicted octanol–water partition coefficient (Wildman–Crippen LogP) is 6.99. The normalized spacial score (nSPS) is 14.2. The van der Waals surface area contributed by atoms with Gasteiger partial charge in [-0.1, -0.05) is 60.1 Å². The SMILES string of the molecule is O=C1CCCN1c1cc(-c2cc3ccccc3c3ccccc23)nc2ccc(Cl)cc12. The van der Waals surface area contributed by atoms with Crippen molar-refractivity contribution in [2.24, 2.45) is 0 Å². The van der Waals surface area contributed by atoms with Crippen LogP contribution in [0.15, 0.2) is 78.9 Å². The molecule has 0 N–H and O–H groups in total. The minimum atomic E-state index is 0.154. The summed E-state index contributed by atoms with van der Waals surface area (Å²) in [7, 11) is 0. The van der Waals surface area contributed by atoms with Crippen LogP contribution in [0.25, 0.3) is 43.7 Å². The van der Waals surface area contributed by atoms with Gasteiger partial charge in [-0.3, -0.25) is 4.79 Å². The van der Waals surface area contributed by atoms with Gasteiger partial charge >= 0.3 is 0 Å². The van der Waals surface area contributed by atoms with Crippen LogP contribution in [0.2, 0.25) is 5.02 Å². The predicted molar refractivity (Wildman–Crippen MR) is 129 cm³/mol. The van der Waals surface area contributed by atoms with Crippen molar-refractivity contribution in [1.29, 1.82) is 0 Å². The van der Waals surface area contributed by atoms with E-state index in [9.17, 15) is 4.79 Å². The monoisotopic (exact) mass is 422 g/mol. The van der Waals surface area contributed by atoms with Gasteiger partial charge in [0.1, 0.15) is 0 Å². The third-order valence-electron chi connectivity index (χ3n) is 6.16. The summed E-state index contributed by atoms with van der Waals surface area (Å²) in [4.78, 5) is 19.5. The van der Waals surface area contributed by atoms with Gasteiger partial charge < -0.3 is 4.90 Å². The summed E-state index contributed by atoms with van der Waals surface area (Å²) in [6.45, 7) is 0.725. The maximum atomic E-state index is 12.6. The molecule has 0 bridgehead atoms. The molecule has 1 aliphatic heterocycles. The smallest absolute Gasteiger partial charge is 0.227 e. The summed E-state index contributed by atoms with van der Waals surface area (Å²) in [6, 6.07) is 26.8. The summed E-state index contributed by atoms with van der Waals surface area (Å²) in [5.41, 5.74) is 3.67. The number of carbonyl (C=O) groups is 1. The molecule has 1 aromatic heterocycles. The van der Waals surface area contributed by atoms with Crippen LogP contribution in [0.3, 0.4) is 0 Å². The maximum Gasteiger partial charge on any atom is 0.227 e. The maximum absolute atomic E-state index is 12.6. The molecule has 1 aliphatic rings. The van der Waals surface area contributed by atoms with Gasteiger partial charge in [0.25, 0.3) is 0 Å². The lowest BCUT2D eigenvalue weighted by Gasteiger charge is -2.20. The zero-order valence-corrected chi connectivity index (χ0v) is 17.6. The van der Waals surface area contributed by atoms with Gasteiger partial charge in [-0.05, 0) is 58.3 Å². The molecule has 1 saturated heterocycles. The number of benzene rings is 4. The Kier molecular flexibility index (Phi) is 4.18. The minimum absolute atomic E-state index is 0.154. The lowest BCUT2D eigenvalue weighted by Crippen LogP contribution is -2.24. The van der Waals surface area contributed by atoms with Gasteiger partial charge in [0.05, 0.1) is 16.9 Å². The fraction of sp³-hybridized carbons (Fsp3) is 0.111. The molecule has 3 nitrogen and oxygen atoms in total. The van der Waals surface area contributed by atoms with Crippen molar-refractivity contribution in [2.75, 3.05) is 11.4 Å². The Balaban J connectivity index is 1.69. The van der Waals surface area contributed by atoms with E-state index in [0.29, 0.717) is 11.4 Å². The third-order valence-corrected chi connectivity index (χ3v) is 6.39. The first-order chi connectivity index (χ1) is 15.2. The van der Waals surface area contributed by atoms with Gasteiger partial charge in [0, 0.05) is 28.9 Å². The molecular weight excluding hydrogens is 404 g/mol. The van der Waals surface area contributed by atoms with Crippen molar-refractivity contribution in [1.82, 2.24) is 4.98 Å². The van der Waals surface area contributed by atoms with Crippen LogP contribution in [-0.2, 0) is 4.79 Å². The largest absolute Gasteiger partial charge is 0.312 e. The van der Waals surface area contributed by atoms with Crippen molar-refractivity contribution in [2.45, 2.75) is 12.8 Å². The molecule has 5 aromatic rings. The topological polar surface area (TPSA) is 33.2 Å². The van der Waals surface area contributed by atoms with Crippen molar-refractivity contribution in [3.8, 4) is 11.3 Å². The Morgan fingerprint density at radius 3 is 2.39 bits per heavy atom. The average Bonchev–Trinajstić information content (AvgIpc) is 3.23. The molecule has 0 atom stereocenters. The van der Waals surface area contributed by atoms with Crippen LogP contribution in [0.4, 0.5) is 5.69 Å². The molecule has 6 rings (SSSR count). The fourth-order valence-corrected chi connectivity index (χ4v) is 4.88. The van der Waals surface area contributed by atoms with Gasteiger partial charge in [-0.15, -0.1) is 0 Å². The van der Waals surface area contributed by atoms with Crippen LogP contribution in [0, 0.1) is 0 Å². The zero-order valence-electron chi connectivity index (χ0n) is 16.8. The molecule has 31 heavy (non-hydrogen) atoms. The van der Waals surface area contributed by atoms with Crippen LogP contribution in [0.1, 0.15) is 12.8 Å². The minimum Gasteiger partial charge on any atom is -0.312 e. The molecule has 0 radical (unpaired) electrons. The number of halogens is 1. The Labute approximate surface area is 184 Å². The molecule has 0 aliphatic carbocycles. The molecular formula is C27H19ClN2O. The summed E-state index contributed by atoms with van der Waals surface area (Å²) >= 11 is 6.30. The summed E-state index contributed by atoms with van der Waals surface area (Å²) in [6.07, 6.45) is 1.45. The number of amides is 1. The van der Waals surface area contributed by atoms with E-state index in [4.69, 9.17) is 16.6 Å². The number of aromatic nitrogens is 1. The zero-order chi connectivity index (χ0) is 20.9. The first kappa shape index (κ1) is 18.3. The van der Waals surface area contributed by atoms with Crippen LogP contribution in [-0.4, -0.2) is 17.4 Å². The second kappa shape index (κ2) is 7.07. The van der Waals surface area contributed by atoms with Gasteiger partial charge in [-0.25, -0.2) is 4.98 Å². The fourth-order valence-electron chi connectivity index (χ4n) is 4.71. The van der Waals surface area contributed by atoms with E-state index in [1.807, 2.05) is 23.1 Å². The number of rotatable bonds is 2. The van der Waals surface area contributed by atoms with E-state index in [2.05, 4.69) is 60.7 Å². The molecule has 0 spiro atoms. The van der Waals surface area contributed by atoms with E-state index in [1.165, 1.54) is 16.2 Å². The molecule has 0 saturated carbocycles. The Morgan fingerprint density at radius 1 is 0.806 bits per heavy atom. The van der Waals surface area contributed by atoms with Crippen LogP contribution in [0.5, 0.6) is 0 Å². The van der Waals surface area contributed by atoms with Crippen molar-refractivity contribution >= 4 is 55.6 Å². The molecule has 150 valence electrons. The lowest BCUT2D eigenvalue weighted by atomic mass is 9.95. The third kappa shape index (κ3) is 2.96. The Bertz CT molecular complexity index is 1510. The highest BCUT2D eigenvalue weighted by Crippen LogP contribution is 2.38. The highest BCUT2D eigenvalue weighted by molar-refractivity contribution is 6.31. The molecule has 0 unspecified atom stereocenters. The molecule has 1 fully saturated rings. The van der Waals surface area contributed by atoms with Gasteiger partial charge in [-0.2, -0.15) is 0 Å².